The van der Waals surface area contributed by atoms with Gasteiger partial charge < -0.3 is 15.4 Å². The van der Waals surface area contributed by atoms with Crippen molar-refractivity contribution in [1.82, 2.24) is 5.32 Å². The third-order valence-corrected chi connectivity index (χ3v) is 3.58. The molecule has 0 spiro atoms. The van der Waals surface area contributed by atoms with E-state index in [1.807, 2.05) is 24.3 Å². The number of urea groups is 1. The highest BCUT2D eigenvalue weighted by molar-refractivity contribution is 6.42. The van der Waals surface area contributed by atoms with Gasteiger partial charge in [-0.1, -0.05) is 35.0 Å². The second kappa shape index (κ2) is 8.33. The number of anilines is 1. The number of carbonyl (C=O) groups excluding carboxylic acids is 1. The molecule has 0 fully saturated rings. The Morgan fingerprint density at radius 2 is 1.87 bits per heavy atom. The summed E-state index contributed by atoms with van der Waals surface area (Å²) in [6, 6.07) is 11.8. The number of hydrogen-bond donors (Lipinski definition) is 2. The predicted molar refractivity (Wildman–Crippen MR) is 93.4 cm³/mol. The molecule has 0 aliphatic carbocycles. The normalized spacial score (nSPS) is 9.52. The molecule has 0 aliphatic rings. The lowest BCUT2D eigenvalue weighted by molar-refractivity contribution is 0.253. The van der Waals surface area contributed by atoms with Crippen molar-refractivity contribution in [3.05, 3.63) is 58.1 Å². The highest BCUT2D eigenvalue weighted by atomic mass is 35.5. The molecular weight excluding hydrogens is 335 g/mol. The number of rotatable bonds is 3. The number of hydrogen-bond acceptors (Lipinski definition) is 2. The lowest BCUT2D eigenvalue weighted by atomic mass is 10.2. The molecule has 0 aliphatic heterocycles. The number of benzene rings is 2. The molecule has 4 nitrogen and oxygen atoms in total. The standard InChI is InChI=1S/C17H14Cl2N2O2/c1-23-14-7-4-12(5-8-14)3-2-10-20-17(22)21-13-6-9-15(18)16(19)11-13/h4-9,11H,10H2,1H3,(H2,20,21,22). The zero-order valence-corrected chi connectivity index (χ0v) is 13.8. The average molecular weight is 349 g/mol. The van der Waals surface area contributed by atoms with Gasteiger partial charge in [-0.05, 0) is 42.5 Å². The first-order chi connectivity index (χ1) is 11.1. The maximum absolute atomic E-state index is 11.7. The molecule has 2 rings (SSSR count). The number of methoxy groups -OCH3 is 1. The van der Waals surface area contributed by atoms with Gasteiger partial charge >= 0.3 is 6.03 Å². The largest absolute Gasteiger partial charge is 0.497 e. The zero-order chi connectivity index (χ0) is 16.7. The smallest absolute Gasteiger partial charge is 0.319 e. The van der Waals surface area contributed by atoms with Crippen LogP contribution in [0.15, 0.2) is 42.5 Å². The summed E-state index contributed by atoms with van der Waals surface area (Å²) >= 11 is 11.7. The van der Waals surface area contributed by atoms with Crippen molar-refractivity contribution in [2.24, 2.45) is 0 Å². The van der Waals surface area contributed by atoms with Crippen LogP contribution in [-0.2, 0) is 0 Å². The summed E-state index contributed by atoms with van der Waals surface area (Å²) < 4.78 is 5.07. The Morgan fingerprint density at radius 3 is 2.52 bits per heavy atom. The summed E-state index contributed by atoms with van der Waals surface area (Å²) in [6.07, 6.45) is 0. The van der Waals surface area contributed by atoms with Crippen molar-refractivity contribution in [2.75, 3.05) is 19.0 Å². The number of halogens is 2. The van der Waals surface area contributed by atoms with Crippen LogP contribution in [-0.4, -0.2) is 19.7 Å². The van der Waals surface area contributed by atoms with Gasteiger partial charge in [-0.3, -0.25) is 0 Å². The molecule has 118 valence electrons. The van der Waals surface area contributed by atoms with Crippen molar-refractivity contribution in [3.8, 4) is 17.6 Å². The van der Waals surface area contributed by atoms with Crippen LogP contribution in [0.2, 0.25) is 10.0 Å². The minimum absolute atomic E-state index is 0.221. The Bertz CT molecular complexity index is 749. The SMILES string of the molecule is COc1ccc(C#CCNC(=O)Nc2ccc(Cl)c(Cl)c2)cc1. The fourth-order valence-corrected chi connectivity index (χ4v) is 1.99. The number of carbonyl (C=O) groups is 1. The van der Waals surface area contributed by atoms with E-state index in [0.29, 0.717) is 15.7 Å². The first kappa shape index (κ1) is 17.0. The molecular formula is C17H14Cl2N2O2. The Balaban J connectivity index is 1.82. The minimum atomic E-state index is -0.368. The third kappa shape index (κ3) is 5.41. The van der Waals surface area contributed by atoms with Crippen LogP contribution < -0.4 is 15.4 Å². The molecule has 6 heteroatoms. The first-order valence-electron chi connectivity index (χ1n) is 6.71. The van der Waals surface area contributed by atoms with E-state index in [1.54, 1.807) is 25.3 Å². The molecule has 0 radical (unpaired) electrons. The van der Waals surface area contributed by atoms with Gasteiger partial charge in [0, 0.05) is 11.3 Å². The van der Waals surface area contributed by atoms with Crippen LogP contribution in [0.5, 0.6) is 5.75 Å². The molecule has 0 unspecified atom stereocenters. The van der Waals surface area contributed by atoms with Crippen LogP contribution in [0.25, 0.3) is 0 Å². The minimum Gasteiger partial charge on any atom is -0.497 e. The molecule has 23 heavy (non-hydrogen) atoms. The van der Waals surface area contributed by atoms with E-state index in [-0.39, 0.29) is 12.6 Å². The van der Waals surface area contributed by atoms with Crippen molar-refractivity contribution >= 4 is 34.9 Å². The zero-order valence-electron chi connectivity index (χ0n) is 12.3. The topological polar surface area (TPSA) is 50.4 Å². The molecule has 2 amide bonds. The Labute approximate surface area is 144 Å². The van der Waals surface area contributed by atoms with Crippen LogP contribution in [0, 0.1) is 11.8 Å². The number of amides is 2. The van der Waals surface area contributed by atoms with Crippen LogP contribution in [0.4, 0.5) is 10.5 Å². The quantitative estimate of drug-likeness (QED) is 0.817. The molecule has 0 saturated heterocycles. The van der Waals surface area contributed by atoms with Crippen LogP contribution in [0.3, 0.4) is 0 Å². The molecule has 2 N–H and O–H groups in total. The van der Waals surface area contributed by atoms with Gasteiger partial charge in [-0.15, -0.1) is 0 Å². The maximum Gasteiger partial charge on any atom is 0.319 e. The van der Waals surface area contributed by atoms with E-state index in [4.69, 9.17) is 27.9 Å². The summed E-state index contributed by atoms with van der Waals surface area (Å²) in [5, 5.41) is 6.09. The Kier molecular flexibility index (Phi) is 6.16. The van der Waals surface area contributed by atoms with E-state index >= 15 is 0 Å². The van der Waals surface area contributed by atoms with Gasteiger partial charge in [0.2, 0.25) is 0 Å². The van der Waals surface area contributed by atoms with E-state index in [2.05, 4.69) is 22.5 Å². The van der Waals surface area contributed by atoms with Gasteiger partial charge in [-0.2, -0.15) is 0 Å². The molecule has 0 aromatic heterocycles. The summed E-state index contributed by atoms with van der Waals surface area (Å²) in [5.74, 6) is 6.58. The highest BCUT2D eigenvalue weighted by Crippen LogP contribution is 2.24. The lowest BCUT2D eigenvalue weighted by Gasteiger charge is -2.06. The average Bonchev–Trinajstić information content (AvgIpc) is 2.55. The molecule has 0 atom stereocenters. The fraction of sp³-hybridized carbons (Fsp3) is 0.118. The fourth-order valence-electron chi connectivity index (χ4n) is 1.69. The highest BCUT2D eigenvalue weighted by Gasteiger charge is 2.03. The van der Waals surface area contributed by atoms with Crippen LogP contribution >= 0.6 is 23.2 Å². The van der Waals surface area contributed by atoms with Gasteiger partial charge in [0.1, 0.15) is 5.75 Å². The number of nitrogens with one attached hydrogen (secondary N) is 2. The molecule has 2 aromatic rings. The van der Waals surface area contributed by atoms with Gasteiger partial charge in [0.15, 0.2) is 0 Å². The van der Waals surface area contributed by atoms with E-state index in [1.165, 1.54) is 0 Å². The maximum atomic E-state index is 11.7. The summed E-state index contributed by atoms with van der Waals surface area (Å²) in [5.41, 5.74) is 1.40. The van der Waals surface area contributed by atoms with E-state index < -0.39 is 0 Å². The number of ether oxygens (including phenoxy) is 1. The van der Waals surface area contributed by atoms with Crippen molar-refractivity contribution in [2.45, 2.75) is 0 Å². The lowest BCUT2D eigenvalue weighted by Crippen LogP contribution is -2.28. The van der Waals surface area contributed by atoms with Gasteiger partial charge in [0.25, 0.3) is 0 Å². The van der Waals surface area contributed by atoms with Gasteiger partial charge in [-0.25, -0.2) is 4.79 Å². The summed E-state index contributed by atoms with van der Waals surface area (Å²) in [6.45, 7) is 0.221. The second-order valence-corrected chi connectivity index (χ2v) is 5.28. The molecule has 2 aromatic carbocycles. The Morgan fingerprint density at radius 1 is 1.13 bits per heavy atom. The second-order valence-electron chi connectivity index (χ2n) is 4.47. The van der Waals surface area contributed by atoms with E-state index in [0.717, 1.165) is 11.3 Å². The molecule has 0 bridgehead atoms. The van der Waals surface area contributed by atoms with Crippen molar-refractivity contribution < 1.29 is 9.53 Å². The monoisotopic (exact) mass is 348 g/mol. The van der Waals surface area contributed by atoms with E-state index in [9.17, 15) is 4.79 Å². The van der Waals surface area contributed by atoms with Crippen molar-refractivity contribution in [1.29, 1.82) is 0 Å². The summed E-state index contributed by atoms with van der Waals surface area (Å²) in [7, 11) is 1.61. The van der Waals surface area contributed by atoms with Crippen LogP contribution in [0.1, 0.15) is 5.56 Å². The first-order valence-corrected chi connectivity index (χ1v) is 7.47. The molecule has 0 heterocycles. The van der Waals surface area contributed by atoms with Crippen molar-refractivity contribution in [3.63, 3.8) is 0 Å². The summed E-state index contributed by atoms with van der Waals surface area (Å²) in [4.78, 5) is 11.7. The molecule has 0 saturated carbocycles. The van der Waals surface area contributed by atoms with Gasteiger partial charge in [0.05, 0.1) is 23.7 Å². The predicted octanol–water partition coefficient (Wildman–Crippen LogP) is 4.18. The third-order valence-electron chi connectivity index (χ3n) is 2.84. The Hall–Kier alpha value is -2.35.